The molecule has 0 aromatic heterocycles. The monoisotopic (exact) mass is 367 g/mol. The van der Waals surface area contributed by atoms with Crippen LogP contribution < -0.4 is 15.5 Å². The van der Waals surface area contributed by atoms with E-state index in [0.717, 1.165) is 0 Å². The molecule has 2 aliphatic heterocycles. The van der Waals surface area contributed by atoms with E-state index in [9.17, 15) is 23.2 Å². The quantitative estimate of drug-likeness (QED) is 0.855. The minimum atomic E-state index is -3.34. The second-order valence-corrected chi connectivity index (χ2v) is 6.44. The summed E-state index contributed by atoms with van der Waals surface area (Å²) in [6.45, 7) is -0.122. The topological polar surface area (TPSA) is 92.9 Å². The summed E-state index contributed by atoms with van der Waals surface area (Å²) in [5.74, 6) is -4.84. The number of hydrogen-bond donors (Lipinski definition) is 1. The van der Waals surface area contributed by atoms with Crippen LogP contribution in [0.3, 0.4) is 0 Å². The fourth-order valence-corrected chi connectivity index (χ4v) is 3.08. The van der Waals surface area contributed by atoms with Crippen molar-refractivity contribution in [3.05, 3.63) is 24.3 Å². The van der Waals surface area contributed by atoms with Crippen molar-refractivity contribution >= 4 is 29.2 Å². The summed E-state index contributed by atoms with van der Waals surface area (Å²) in [6.07, 6.45) is -0.655. The summed E-state index contributed by atoms with van der Waals surface area (Å²) in [5.41, 5.74) is 6.22. The molecule has 0 spiro atoms. The third kappa shape index (κ3) is 3.76. The Labute approximate surface area is 148 Å². The Morgan fingerprint density at radius 3 is 2.50 bits per heavy atom. The van der Waals surface area contributed by atoms with Crippen LogP contribution in [0.5, 0.6) is 0 Å². The van der Waals surface area contributed by atoms with Crippen LogP contribution in [0.15, 0.2) is 24.3 Å². The molecular formula is C17H19F2N3O4. The molecule has 9 heteroatoms. The van der Waals surface area contributed by atoms with Gasteiger partial charge in [0.1, 0.15) is 6.10 Å². The smallest absolute Gasteiger partial charge is 0.414 e. The van der Waals surface area contributed by atoms with Gasteiger partial charge in [0.25, 0.3) is 0 Å². The standard InChI is InChI=1S/C17H19F2N3O4/c18-17(19)10-21(8-7-14(17)23)11-1-3-12(4-2-11)22-9-13(26-16(22)25)5-6-15(20)24/h1-4,13H,5-10H2,(H2,20,24)/t13-/m0/s1. The maximum absolute atomic E-state index is 13.6. The van der Waals surface area contributed by atoms with Gasteiger partial charge >= 0.3 is 12.0 Å². The van der Waals surface area contributed by atoms with Gasteiger partial charge in [-0.25, -0.2) is 4.79 Å². The predicted octanol–water partition coefficient (Wildman–Crippen LogP) is 1.69. The number of hydrogen-bond acceptors (Lipinski definition) is 5. The lowest BCUT2D eigenvalue weighted by atomic mass is 10.0. The highest BCUT2D eigenvalue weighted by Crippen LogP contribution is 2.30. The van der Waals surface area contributed by atoms with Gasteiger partial charge in [0.05, 0.1) is 13.1 Å². The maximum atomic E-state index is 13.6. The number of piperidine rings is 1. The molecule has 0 bridgehead atoms. The molecule has 7 nitrogen and oxygen atoms in total. The number of alkyl halides is 2. The zero-order valence-corrected chi connectivity index (χ0v) is 14.0. The van der Waals surface area contributed by atoms with Crippen molar-refractivity contribution in [1.29, 1.82) is 0 Å². The molecular weight excluding hydrogens is 348 g/mol. The molecule has 2 N–H and O–H groups in total. The number of amides is 2. The number of primary amides is 1. The molecule has 140 valence electrons. The molecule has 2 heterocycles. The van der Waals surface area contributed by atoms with Crippen molar-refractivity contribution in [3.63, 3.8) is 0 Å². The van der Waals surface area contributed by atoms with Gasteiger partial charge in [-0.1, -0.05) is 0 Å². The molecule has 0 unspecified atom stereocenters. The normalized spacial score (nSPS) is 22.5. The van der Waals surface area contributed by atoms with E-state index in [1.54, 1.807) is 24.3 Å². The lowest BCUT2D eigenvalue weighted by molar-refractivity contribution is -0.143. The third-order valence-corrected chi connectivity index (χ3v) is 4.52. The Balaban J connectivity index is 1.65. The average molecular weight is 367 g/mol. The fraction of sp³-hybridized carbons (Fsp3) is 0.471. The first kappa shape index (κ1) is 18.1. The first-order valence-electron chi connectivity index (χ1n) is 8.29. The SMILES string of the molecule is NC(=O)CC[C@H]1CN(c2ccc(N3CCC(=O)C(F)(F)C3)cc2)C(=O)O1. The number of benzene rings is 1. The Bertz CT molecular complexity index is 723. The van der Waals surface area contributed by atoms with E-state index >= 15 is 0 Å². The summed E-state index contributed by atoms with van der Waals surface area (Å²) >= 11 is 0. The number of carbonyl (C=O) groups excluding carboxylic acids is 3. The van der Waals surface area contributed by atoms with E-state index in [4.69, 9.17) is 10.5 Å². The van der Waals surface area contributed by atoms with Gasteiger partial charge in [-0.2, -0.15) is 8.78 Å². The van der Waals surface area contributed by atoms with Crippen molar-refractivity contribution in [2.75, 3.05) is 29.4 Å². The second-order valence-electron chi connectivity index (χ2n) is 6.44. The Morgan fingerprint density at radius 1 is 1.23 bits per heavy atom. The molecule has 26 heavy (non-hydrogen) atoms. The lowest BCUT2D eigenvalue weighted by Gasteiger charge is -2.33. The largest absolute Gasteiger partial charge is 0.444 e. The number of carbonyl (C=O) groups is 3. The van der Waals surface area contributed by atoms with Crippen molar-refractivity contribution < 1.29 is 27.9 Å². The van der Waals surface area contributed by atoms with E-state index in [2.05, 4.69) is 0 Å². The number of rotatable bonds is 5. The number of Topliss-reactive ketones (excluding diaryl/α,β-unsaturated/α-hetero) is 1. The maximum Gasteiger partial charge on any atom is 0.414 e. The fourth-order valence-electron chi connectivity index (χ4n) is 3.08. The average Bonchev–Trinajstić information content (AvgIpc) is 2.96. The molecule has 0 saturated carbocycles. The highest BCUT2D eigenvalue weighted by atomic mass is 19.3. The van der Waals surface area contributed by atoms with Crippen molar-refractivity contribution in [1.82, 2.24) is 0 Å². The minimum Gasteiger partial charge on any atom is -0.444 e. The molecule has 2 aliphatic rings. The molecule has 0 radical (unpaired) electrons. The molecule has 2 amide bonds. The van der Waals surface area contributed by atoms with Crippen LogP contribution in [0.2, 0.25) is 0 Å². The lowest BCUT2D eigenvalue weighted by Crippen LogP contribution is -2.49. The van der Waals surface area contributed by atoms with Crippen LogP contribution in [0.1, 0.15) is 19.3 Å². The van der Waals surface area contributed by atoms with Crippen molar-refractivity contribution in [2.45, 2.75) is 31.3 Å². The van der Waals surface area contributed by atoms with E-state index in [1.807, 2.05) is 0 Å². The van der Waals surface area contributed by atoms with Crippen LogP contribution >= 0.6 is 0 Å². The summed E-state index contributed by atoms with van der Waals surface area (Å²) in [7, 11) is 0. The van der Waals surface area contributed by atoms with E-state index in [1.165, 1.54) is 9.80 Å². The second kappa shape index (κ2) is 6.89. The Hall–Kier alpha value is -2.71. The number of halogens is 2. The highest BCUT2D eigenvalue weighted by Gasteiger charge is 2.43. The van der Waals surface area contributed by atoms with Crippen molar-refractivity contribution in [2.24, 2.45) is 5.73 Å². The Kier molecular flexibility index (Phi) is 4.80. The van der Waals surface area contributed by atoms with Gasteiger partial charge in [0, 0.05) is 30.8 Å². The summed E-state index contributed by atoms with van der Waals surface area (Å²) in [6, 6.07) is 6.54. The van der Waals surface area contributed by atoms with Crippen LogP contribution in [-0.4, -0.2) is 49.4 Å². The van der Waals surface area contributed by atoms with E-state index in [0.29, 0.717) is 24.3 Å². The predicted molar refractivity (Wildman–Crippen MR) is 89.3 cm³/mol. The van der Waals surface area contributed by atoms with Crippen LogP contribution in [0.4, 0.5) is 25.0 Å². The van der Waals surface area contributed by atoms with Gasteiger partial charge in [0.15, 0.2) is 0 Å². The summed E-state index contributed by atoms with van der Waals surface area (Å²) in [5, 5.41) is 0. The molecule has 3 rings (SSSR count). The van der Waals surface area contributed by atoms with Crippen LogP contribution in [0, 0.1) is 0 Å². The van der Waals surface area contributed by atoms with Gasteiger partial charge < -0.3 is 15.4 Å². The number of cyclic esters (lactones) is 1. The number of nitrogens with zero attached hydrogens (tertiary/aromatic N) is 2. The van der Waals surface area contributed by atoms with Crippen LogP contribution in [0.25, 0.3) is 0 Å². The zero-order chi connectivity index (χ0) is 18.9. The number of ether oxygens (including phenoxy) is 1. The van der Waals surface area contributed by atoms with Crippen LogP contribution in [-0.2, 0) is 14.3 Å². The number of ketones is 1. The highest BCUT2D eigenvalue weighted by molar-refractivity contribution is 5.90. The minimum absolute atomic E-state index is 0.132. The zero-order valence-electron chi connectivity index (χ0n) is 14.0. The third-order valence-electron chi connectivity index (χ3n) is 4.52. The molecule has 1 aromatic carbocycles. The van der Waals surface area contributed by atoms with Gasteiger partial charge in [-0.3, -0.25) is 14.5 Å². The van der Waals surface area contributed by atoms with E-state index < -0.39 is 36.4 Å². The molecule has 1 aromatic rings. The first-order valence-corrected chi connectivity index (χ1v) is 8.29. The number of anilines is 2. The molecule has 2 fully saturated rings. The van der Waals surface area contributed by atoms with E-state index in [-0.39, 0.29) is 19.4 Å². The first-order chi connectivity index (χ1) is 12.3. The van der Waals surface area contributed by atoms with Gasteiger partial charge in [0.2, 0.25) is 11.7 Å². The molecule has 1 atom stereocenters. The van der Waals surface area contributed by atoms with Crippen molar-refractivity contribution in [3.8, 4) is 0 Å². The molecule has 0 aliphatic carbocycles. The van der Waals surface area contributed by atoms with Gasteiger partial charge in [-0.05, 0) is 30.7 Å². The van der Waals surface area contributed by atoms with Gasteiger partial charge in [-0.15, -0.1) is 0 Å². The number of nitrogens with two attached hydrogens (primary N) is 1. The summed E-state index contributed by atoms with van der Waals surface area (Å²) < 4.78 is 32.4. The molecule has 2 saturated heterocycles. The Morgan fingerprint density at radius 2 is 1.88 bits per heavy atom. The summed E-state index contributed by atoms with van der Waals surface area (Å²) in [4.78, 5) is 36.9.